The van der Waals surface area contributed by atoms with Crippen LogP contribution in [0.1, 0.15) is 34.6 Å². The average molecular weight is 197 g/mol. The van der Waals surface area contributed by atoms with Gasteiger partial charge in [0.15, 0.2) is 5.78 Å². The Morgan fingerprint density at radius 2 is 1.79 bits per heavy atom. The van der Waals surface area contributed by atoms with Gasteiger partial charge in [-0.25, -0.2) is 0 Å². The Morgan fingerprint density at radius 3 is 2.14 bits per heavy atom. The molecule has 3 heteroatoms. The first-order chi connectivity index (χ1) is 6.25. The predicted molar refractivity (Wildman–Crippen MR) is 54.7 cm³/mol. The fourth-order valence-electron chi connectivity index (χ4n) is 1.53. The highest BCUT2D eigenvalue weighted by molar-refractivity contribution is 5.96. The van der Waals surface area contributed by atoms with Crippen LogP contribution in [0.25, 0.3) is 0 Å². The molecule has 0 aromatic rings. The number of Topliss-reactive ketones (excluding diaryl/α,β-unsaturated/α-hetero) is 1. The van der Waals surface area contributed by atoms with E-state index in [9.17, 15) is 9.59 Å². The minimum Gasteiger partial charge on any atom is -0.346 e. The van der Waals surface area contributed by atoms with Gasteiger partial charge >= 0.3 is 0 Å². The summed E-state index contributed by atoms with van der Waals surface area (Å²) in [6, 6.07) is -0.253. The maximum atomic E-state index is 11.6. The summed E-state index contributed by atoms with van der Waals surface area (Å²) in [6.07, 6.45) is 0. The molecule has 14 heavy (non-hydrogen) atoms. The molecule has 0 heterocycles. The highest BCUT2D eigenvalue weighted by atomic mass is 16.2. The van der Waals surface area contributed by atoms with E-state index in [1.54, 1.807) is 0 Å². The second-order valence-electron chi connectivity index (χ2n) is 5.25. The molecule has 1 aliphatic rings. The highest BCUT2D eigenvalue weighted by Gasteiger charge is 2.45. The number of amides is 1. The van der Waals surface area contributed by atoms with Crippen LogP contribution in [0.15, 0.2) is 0 Å². The minimum absolute atomic E-state index is 0.0467. The lowest BCUT2D eigenvalue weighted by Gasteiger charge is -2.40. The maximum absolute atomic E-state index is 11.6. The molecule has 1 saturated carbocycles. The van der Waals surface area contributed by atoms with Gasteiger partial charge in [-0.05, 0) is 5.92 Å². The Labute approximate surface area is 85.3 Å². The Hall–Kier alpha value is -0.860. The number of nitrogens with one attached hydrogen (secondary N) is 1. The summed E-state index contributed by atoms with van der Waals surface area (Å²) in [7, 11) is 0. The van der Waals surface area contributed by atoms with E-state index in [0.717, 1.165) is 0 Å². The molecule has 0 aromatic carbocycles. The lowest BCUT2D eigenvalue weighted by Crippen LogP contribution is -2.60. The van der Waals surface area contributed by atoms with Crippen molar-refractivity contribution in [1.82, 2.24) is 5.32 Å². The van der Waals surface area contributed by atoms with E-state index in [2.05, 4.69) is 5.32 Å². The lowest BCUT2D eigenvalue weighted by molar-refractivity contribution is -0.143. The molecule has 3 nitrogen and oxygen atoms in total. The molecule has 1 amide bonds. The zero-order chi connectivity index (χ0) is 11.1. The smallest absolute Gasteiger partial charge is 0.225 e. The van der Waals surface area contributed by atoms with Gasteiger partial charge in [0.25, 0.3) is 0 Å². The van der Waals surface area contributed by atoms with Crippen LogP contribution in [0.2, 0.25) is 0 Å². The second kappa shape index (κ2) is 3.37. The molecular formula is C11H19NO2. The van der Waals surface area contributed by atoms with Crippen molar-refractivity contribution in [2.24, 2.45) is 17.3 Å². The second-order valence-corrected chi connectivity index (χ2v) is 5.25. The Bertz CT molecular complexity index is 265. The molecule has 1 rings (SSSR count). The SMILES string of the molecule is CC1C(=O)C(NC(=O)C(C)(C)C)C1C. The summed E-state index contributed by atoms with van der Waals surface area (Å²) >= 11 is 0. The Morgan fingerprint density at radius 1 is 1.29 bits per heavy atom. The Kier molecular flexibility index (Phi) is 2.70. The van der Waals surface area contributed by atoms with E-state index >= 15 is 0 Å². The molecule has 0 aromatic heterocycles. The summed E-state index contributed by atoms with van der Waals surface area (Å²) in [5.74, 6) is 0.485. The predicted octanol–water partition coefficient (Wildman–Crippen LogP) is 1.37. The zero-order valence-electron chi connectivity index (χ0n) is 9.55. The van der Waals surface area contributed by atoms with Crippen molar-refractivity contribution >= 4 is 11.7 Å². The molecule has 0 aliphatic heterocycles. The van der Waals surface area contributed by atoms with E-state index in [-0.39, 0.29) is 29.6 Å². The summed E-state index contributed by atoms with van der Waals surface area (Å²) in [5, 5.41) is 2.80. The minimum atomic E-state index is -0.418. The highest BCUT2D eigenvalue weighted by Crippen LogP contribution is 2.30. The third kappa shape index (κ3) is 1.81. The molecule has 1 aliphatic carbocycles. The summed E-state index contributed by atoms with van der Waals surface area (Å²) < 4.78 is 0. The summed E-state index contributed by atoms with van der Waals surface area (Å²) in [5.41, 5.74) is -0.418. The monoisotopic (exact) mass is 197 g/mol. The van der Waals surface area contributed by atoms with E-state index in [1.807, 2.05) is 34.6 Å². The fraction of sp³-hybridized carbons (Fsp3) is 0.818. The van der Waals surface area contributed by atoms with Crippen LogP contribution >= 0.6 is 0 Å². The van der Waals surface area contributed by atoms with Crippen molar-refractivity contribution in [1.29, 1.82) is 0 Å². The van der Waals surface area contributed by atoms with Crippen LogP contribution < -0.4 is 5.32 Å². The molecule has 0 spiro atoms. The van der Waals surface area contributed by atoms with Crippen LogP contribution in [0.5, 0.6) is 0 Å². The van der Waals surface area contributed by atoms with Crippen molar-refractivity contribution in [2.45, 2.75) is 40.7 Å². The van der Waals surface area contributed by atoms with Crippen LogP contribution in [-0.4, -0.2) is 17.7 Å². The third-order valence-electron chi connectivity index (χ3n) is 3.04. The molecule has 80 valence electrons. The van der Waals surface area contributed by atoms with E-state index < -0.39 is 5.41 Å². The van der Waals surface area contributed by atoms with Crippen molar-refractivity contribution in [3.8, 4) is 0 Å². The van der Waals surface area contributed by atoms with Crippen LogP contribution in [0, 0.1) is 17.3 Å². The summed E-state index contributed by atoms with van der Waals surface area (Å²) in [6.45, 7) is 9.45. The van der Waals surface area contributed by atoms with Crippen LogP contribution in [-0.2, 0) is 9.59 Å². The number of carbonyl (C=O) groups excluding carboxylic acids is 2. The molecule has 3 unspecified atom stereocenters. The van der Waals surface area contributed by atoms with Gasteiger partial charge in [-0.2, -0.15) is 0 Å². The first-order valence-corrected chi connectivity index (χ1v) is 5.10. The van der Waals surface area contributed by atoms with E-state index in [1.165, 1.54) is 0 Å². The van der Waals surface area contributed by atoms with Gasteiger partial charge in [-0.1, -0.05) is 34.6 Å². The van der Waals surface area contributed by atoms with Gasteiger partial charge in [0.1, 0.15) is 0 Å². The van der Waals surface area contributed by atoms with Gasteiger partial charge < -0.3 is 5.32 Å². The third-order valence-corrected chi connectivity index (χ3v) is 3.04. The van der Waals surface area contributed by atoms with Crippen LogP contribution in [0.3, 0.4) is 0 Å². The molecule has 0 bridgehead atoms. The van der Waals surface area contributed by atoms with Crippen molar-refractivity contribution in [2.75, 3.05) is 0 Å². The largest absolute Gasteiger partial charge is 0.346 e. The van der Waals surface area contributed by atoms with Gasteiger partial charge in [0.2, 0.25) is 5.91 Å². The van der Waals surface area contributed by atoms with Gasteiger partial charge in [-0.3, -0.25) is 9.59 Å². The van der Waals surface area contributed by atoms with Gasteiger partial charge in [-0.15, -0.1) is 0 Å². The van der Waals surface area contributed by atoms with Crippen molar-refractivity contribution in [3.05, 3.63) is 0 Å². The van der Waals surface area contributed by atoms with Gasteiger partial charge in [0.05, 0.1) is 6.04 Å². The maximum Gasteiger partial charge on any atom is 0.225 e. The Balaban J connectivity index is 2.55. The number of hydrogen-bond donors (Lipinski definition) is 1. The molecule has 3 atom stereocenters. The zero-order valence-corrected chi connectivity index (χ0v) is 9.55. The molecule has 0 radical (unpaired) electrons. The van der Waals surface area contributed by atoms with Crippen molar-refractivity contribution < 1.29 is 9.59 Å². The standard InChI is InChI=1S/C11H19NO2/c1-6-7(2)9(13)8(6)12-10(14)11(3,4)5/h6-8H,1-5H3,(H,12,14). The van der Waals surface area contributed by atoms with Gasteiger partial charge in [0, 0.05) is 11.3 Å². The molecule has 1 N–H and O–H groups in total. The molecule has 0 saturated heterocycles. The van der Waals surface area contributed by atoms with Crippen LogP contribution in [0.4, 0.5) is 0 Å². The number of ketones is 1. The number of rotatable bonds is 1. The van der Waals surface area contributed by atoms with E-state index in [4.69, 9.17) is 0 Å². The number of carbonyl (C=O) groups is 2. The quantitative estimate of drug-likeness (QED) is 0.690. The molecular weight excluding hydrogens is 178 g/mol. The molecule has 1 fully saturated rings. The number of hydrogen-bond acceptors (Lipinski definition) is 2. The van der Waals surface area contributed by atoms with Crippen molar-refractivity contribution in [3.63, 3.8) is 0 Å². The topological polar surface area (TPSA) is 46.2 Å². The lowest BCUT2D eigenvalue weighted by atomic mass is 9.70. The fourth-order valence-corrected chi connectivity index (χ4v) is 1.53. The first kappa shape index (κ1) is 11.2. The summed E-state index contributed by atoms with van der Waals surface area (Å²) in [4.78, 5) is 23.0. The van der Waals surface area contributed by atoms with E-state index in [0.29, 0.717) is 0 Å². The first-order valence-electron chi connectivity index (χ1n) is 5.10. The normalized spacial score (nSPS) is 32.4. The average Bonchev–Trinajstić information content (AvgIpc) is 2.10.